The van der Waals surface area contributed by atoms with Crippen molar-refractivity contribution in [3.05, 3.63) is 15.6 Å². The highest BCUT2D eigenvalue weighted by Gasteiger charge is 2.32. The van der Waals surface area contributed by atoms with E-state index in [4.69, 9.17) is 0 Å². The van der Waals surface area contributed by atoms with Crippen molar-refractivity contribution >= 4 is 11.3 Å². The highest BCUT2D eigenvalue weighted by atomic mass is 32.1. The van der Waals surface area contributed by atoms with E-state index in [0.717, 1.165) is 19.6 Å². The smallest absolute Gasteiger partial charge is 0.0900 e. The minimum atomic E-state index is 0.317. The van der Waals surface area contributed by atoms with Gasteiger partial charge in [-0.1, -0.05) is 20.8 Å². The Kier molecular flexibility index (Phi) is 4.33. The predicted molar refractivity (Wildman–Crippen MR) is 82.8 cm³/mol. The van der Waals surface area contributed by atoms with Crippen molar-refractivity contribution in [1.82, 2.24) is 15.2 Å². The molecule has 0 spiro atoms. The van der Waals surface area contributed by atoms with Crippen LogP contribution in [0.5, 0.6) is 0 Å². The van der Waals surface area contributed by atoms with E-state index < -0.39 is 0 Å². The van der Waals surface area contributed by atoms with E-state index in [1.165, 1.54) is 15.6 Å². The van der Waals surface area contributed by atoms with Crippen molar-refractivity contribution in [3.8, 4) is 0 Å². The molecule has 0 radical (unpaired) electrons. The Balaban J connectivity index is 2.11. The molecule has 1 aliphatic heterocycles. The molecule has 19 heavy (non-hydrogen) atoms. The number of aromatic nitrogens is 1. The van der Waals surface area contributed by atoms with Crippen LogP contribution < -0.4 is 5.32 Å². The molecule has 2 unspecified atom stereocenters. The Hall–Kier alpha value is -0.450. The zero-order chi connectivity index (χ0) is 14.2. The van der Waals surface area contributed by atoms with Crippen molar-refractivity contribution in [2.45, 2.75) is 53.6 Å². The van der Waals surface area contributed by atoms with Crippen molar-refractivity contribution in [1.29, 1.82) is 0 Å². The zero-order valence-electron chi connectivity index (χ0n) is 13.1. The summed E-state index contributed by atoms with van der Waals surface area (Å²) >= 11 is 1.85. The third-order valence-electron chi connectivity index (χ3n) is 4.12. The fraction of sp³-hybridized carbons (Fsp3) is 0.800. The first-order chi connectivity index (χ1) is 8.79. The first kappa shape index (κ1) is 14.9. The first-order valence-electron chi connectivity index (χ1n) is 7.20. The van der Waals surface area contributed by atoms with E-state index in [2.05, 4.69) is 56.7 Å². The average Bonchev–Trinajstić information content (AvgIpc) is 2.66. The summed E-state index contributed by atoms with van der Waals surface area (Å²) in [5.74, 6) is 0. The van der Waals surface area contributed by atoms with Crippen molar-refractivity contribution in [2.24, 2.45) is 5.41 Å². The van der Waals surface area contributed by atoms with Gasteiger partial charge < -0.3 is 5.32 Å². The summed E-state index contributed by atoms with van der Waals surface area (Å²) in [6, 6.07) is 1.05. The van der Waals surface area contributed by atoms with Gasteiger partial charge in [-0.3, -0.25) is 4.90 Å². The van der Waals surface area contributed by atoms with E-state index >= 15 is 0 Å². The monoisotopic (exact) mass is 281 g/mol. The van der Waals surface area contributed by atoms with Gasteiger partial charge in [0.2, 0.25) is 0 Å². The SMILES string of the molecule is Cc1nc(C)c(C(C)N2CCNC(C(C)(C)C)C2)s1. The van der Waals surface area contributed by atoms with Crippen LogP contribution in [0.2, 0.25) is 0 Å². The second kappa shape index (κ2) is 5.51. The van der Waals surface area contributed by atoms with Gasteiger partial charge in [0.1, 0.15) is 0 Å². The van der Waals surface area contributed by atoms with E-state index in [1.807, 2.05) is 11.3 Å². The second-order valence-electron chi connectivity index (χ2n) is 6.73. The minimum Gasteiger partial charge on any atom is -0.311 e. The van der Waals surface area contributed by atoms with Gasteiger partial charge in [0, 0.05) is 36.6 Å². The molecule has 1 saturated heterocycles. The summed E-state index contributed by atoms with van der Waals surface area (Å²) in [6.45, 7) is 16.9. The van der Waals surface area contributed by atoms with Crippen LogP contribution in [0, 0.1) is 19.3 Å². The van der Waals surface area contributed by atoms with E-state index in [1.54, 1.807) is 0 Å². The summed E-state index contributed by atoms with van der Waals surface area (Å²) in [6.07, 6.45) is 0. The van der Waals surface area contributed by atoms with Gasteiger partial charge in [-0.15, -0.1) is 11.3 Å². The third kappa shape index (κ3) is 3.36. The summed E-state index contributed by atoms with van der Waals surface area (Å²) in [5, 5.41) is 4.84. The van der Waals surface area contributed by atoms with Crippen LogP contribution in [0.1, 0.15) is 49.3 Å². The highest BCUT2D eigenvalue weighted by molar-refractivity contribution is 7.11. The molecule has 1 fully saturated rings. The molecule has 0 aliphatic carbocycles. The number of piperazine rings is 1. The normalized spacial score (nSPS) is 23.6. The number of nitrogens with one attached hydrogen (secondary N) is 1. The number of nitrogens with zero attached hydrogens (tertiary/aromatic N) is 2. The number of hydrogen-bond acceptors (Lipinski definition) is 4. The molecule has 0 aromatic carbocycles. The quantitative estimate of drug-likeness (QED) is 0.902. The molecular formula is C15H27N3S. The van der Waals surface area contributed by atoms with Crippen LogP contribution in [-0.2, 0) is 0 Å². The van der Waals surface area contributed by atoms with Crippen LogP contribution in [0.15, 0.2) is 0 Å². The van der Waals surface area contributed by atoms with Crippen LogP contribution in [0.3, 0.4) is 0 Å². The molecule has 3 nitrogen and oxygen atoms in total. The number of hydrogen-bond donors (Lipinski definition) is 1. The first-order valence-corrected chi connectivity index (χ1v) is 8.02. The van der Waals surface area contributed by atoms with Gasteiger partial charge in [-0.05, 0) is 26.2 Å². The van der Waals surface area contributed by atoms with Gasteiger partial charge in [-0.25, -0.2) is 4.98 Å². The molecule has 2 rings (SSSR count). The molecule has 0 saturated carbocycles. The van der Waals surface area contributed by atoms with E-state index in [-0.39, 0.29) is 0 Å². The second-order valence-corrected chi connectivity index (χ2v) is 7.96. The summed E-state index contributed by atoms with van der Waals surface area (Å²) in [7, 11) is 0. The lowest BCUT2D eigenvalue weighted by Crippen LogP contribution is -2.56. The molecule has 4 heteroatoms. The van der Waals surface area contributed by atoms with Crippen molar-refractivity contribution in [2.75, 3.05) is 19.6 Å². The van der Waals surface area contributed by atoms with Crippen LogP contribution >= 0.6 is 11.3 Å². The Bertz CT molecular complexity index is 433. The van der Waals surface area contributed by atoms with E-state index in [0.29, 0.717) is 17.5 Å². The van der Waals surface area contributed by atoms with Gasteiger partial charge in [-0.2, -0.15) is 0 Å². The maximum absolute atomic E-state index is 4.57. The molecule has 108 valence electrons. The molecule has 2 heterocycles. The van der Waals surface area contributed by atoms with E-state index in [9.17, 15) is 0 Å². The molecule has 1 N–H and O–H groups in total. The standard InChI is InChI=1S/C15H27N3S/c1-10-14(19-12(3)17-10)11(2)18-8-7-16-13(9-18)15(4,5)6/h11,13,16H,7-9H2,1-6H3. The van der Waals surface area contributed by atoms with Gasteiger partial charge >= 0.3 is 0 Å². The summed E-state index contributed by atoms with van der Waals surface area (Å²) < 4.78 is 0. The zero-order valence-corrected chi connectivity index (χ0v) is 13.9. The molecular weight excluding hydrogens is 254 g/mol. The third-order valence-corrected chi connectivity index (χ3v) is 5.36. The van der Waals surface area contributed by atoms with Crippen LogP contribution in [0.4, 0.5) is 0 Å². The number of aryl methyl sites for hydroxylation is 2. The van der Waals surface area contributed by atoms with Gasteiger partial charge in [0.25, 0.3) is 0 Å². The Morgan fingerprint density at radius 2 is 2.05 bits per heavy atom. The highest BCUT2D eigenvalue weighted by Crippen LogP contribution is 2.31. The lowest BCUT2D eigenvalue weighted by molar-refractivity contribution is 0.105. The fourth-order valence-electron chi connectivity index (χ4n) is 2.81. The average molecular weight is 281 g/mol. The molecule has 1 aromatic rings. The van der Waals surface area contributed by atoms with Gasteiger partial charge in [0.15, 0.2) is 0 Å². The lowest BCUT2D eigenvalue weighted by atomic mass is 9.85. The molecule has 1 aliphatic rings. The lowest BCUT2D eigenvalue weighted by Gasteiger charge is -2.42. The molecule has 2 atom stereocenters. The molecule has 0 bridgehead atoms. The Labute approximate surface area is 121 Å². The molecule has 1 aromatic heterocycles. The van der Waals surface area contributed by atoms with Crippen molar-refractivity contribution < 1.29 is 0 Å². The number of thiazole rings is 1. The fourth-order valence-corrected chi connectivity index (χ4v) is 3.82. The molecule has 0 amide bonds. The maximum atomic E-state index is 4.57. The van der Waals surface area contributed by atoms with Gasteiger partial charge in [0.05, 0.1) is 10.7 Å². The Morgan fingerprint density at radius 1 is 1.37 bits per heavy atom. The predicted octanol–water partition coefficient (Wildman–Crippen LogP) is 3.14. The van der Waals surface area contributed by atoms with Crippen LogP contribution in [-0.4, -0.2) is 35.6 Å². The van der Waals surface area contributed by atoms with Crippen LogP contribution in [0.25, 0.3) is 0 Å². The largest absolute Gasteiger partial charge is 0.311 e. The minimum absolute atomic E-state index is 0.317. The number of rotatable bonds is 2. The topological polar surface area (TPSA) is 28.2 Å². The summed E-state index contributed by atoms with van der Waals surface area (Å²) in [4.78, 5) is 8.61. The maximum Gasteiger partial charge on any atom is 0.0900 e. The summed E-state index contributed by atoms with van der Waals surface area (Å²) in [5.41, 5.74) is 1.53. The van der Waals surface area contributed by atoms with Crippen molar-refractivity contribution in [3.63, 3.8) is 0 Å². The Morgan fingerprint density at radius 3 is 2.58 bits per heavy atom.